The van der Waals surface area contributed by atoms with Crippen molar-refractivity contribution < 1.29 is 10.0 Å². The highest BCUT2D eigenvalue weighted by Gasteiger charge is 2.09. The lowest BCUT2D eigenvalue weighted by Gasteiger charge is -2.11. The molecular weight excluding hydrogens is 256 g/mol. The molecule has 0 saturated heterocycles. The maximum Gasteiger partial charge on any atom is 0.271 e. The van der Waals surface area contributed by atoms with Gasteiger partial charge >= 0.3 is 0 Å². The van der Waals surface area contributed by atoms with Crippen molar-refractivity contribution in [3.8, 4) is 5.75 Å². The lowest BCUT2D eigenvalue weighted by Crippen LogP contribution is -2.02. The summed E-state index contributed by atoms with van der Waals surface area (Å²) < 4.78 is 0. The van der Waals surface area contributed by atoms with Crippen molar-refractivity contribution in [2.24, 2.45) is 0 Å². The maximum absolute atomic E-state index is 10.8. The number of aryl methyl sites for hydroxylation is 2. The van der Waals surface area contributed by atoms with Crippen LogP contribution in [-0.2, 0) is 6.54 Å². The van der Waals surface area contributed by atoms with Crippen molar-refractivity contribution in [2.75, 3.05) is 5.32 Å². The van der Waals surface area contributed by atoms with E-state index in [1.165, 1.54) is 12.1 Å². The minimum atomic E-state index is -0.422. The Kier molecular flexibility index (Phi) is 3.89. The summed E-state index contributed by atoms with van der Waals surface area (Å²) in [5.41, 5.74) is 3.47. The van der Waals surface area contributed by atoms with Gasteiger partial charge in [0.25, 0.3) is 5.69 Å². The van der Waals surface area contributed by atoms with E-state index in [0.29, 0.717) is 12.2 Å². The number of phenolic OH excluding ortho intramolecular Hbond substituents is 1. The van der Waals surface area contributed by atoms with Crippen LogP contribution in [0.3, 0.4) is 0 Å². The van der Waals surface area contributed by atoms with Crippen molar-refractivity contribution in [2.45, 2.75) is 20.4 Å². The smallest absolute Gasteiger partial charge is 0.271 e. The fraction of sp³-hybridized carbons (Fsp3) is 0.200. The van der Waals surface area contributed by atoms with Crippen molar-refractivity contribution in [1.29, 1.82) is 0 Å². The number of nitro benzene ring substituents is 1. The van der Waals surface area contributed by atoms with E-state index < -0.39 is 4.92 Å². The van der Waals surface area contributed by atoms with E-state index in [1.54, 1.807) is 12.1 Å². The molecule has 2 rings (SSSR count). The monoisotopic (exact) mass is 272 g/mol. The first-order valence-corrected chi connectivity index (χ1v) is 6.25. The average molecular weight is 272 g/mol. The van der Waals surface area contributed by atoms with Crippen LogP contribution in [0.1, 0.15) is 16.7 Å². The quantitative estimate of drug-likeness (QED) is 0.659. The summed E-state index contributed by atoms with van der Waals surface area (Å²) >= 11 is 0. The number of rotatable bonds is 4. The minimum Gasteiger partial charge on any atom is -0.508 e. The van der Waals surface area contributed by atoms with E-state index in [0.717, 1.165) is 16.7 Å². The molecule has 5 nitrogen and oxygen atoms in total. The topological polar surface area (TPSA) is 75.4 Å². The van der Waals surface area contributed by atoms with Crippen LogP contribution in [0.2, 0.25) is 0 Å². The van der Waals surface area contributed by atoms with Crippen LogP contribution in [0.15, 0.2) is 36.4 Å². The molecule has 0 bridgehead atoms. The third kappa shape index (κ3) is 3.06. The first-order valence-electron chi connectivity index (χ1n) is 6.25. The Balaban J connectivity index is 2.20. The summed E-state index contributed by atoms with van der Waals surface area (Å²) in [7, 11) is 0. The Morgan fingerprint density at radius 2 is 1.95 bits per heavy atom. The molecule has 2 aromatic rings. The number of benzene rings is 2. The summed E-state index contributed by atoms with van der Waals surface area (Å²) in [5, 5.41) is 23.7. The first-order chi connectivity index (χ1) is 9.47. The standard InChI is InChI=1S/C15H16N2O3/c1-10-3-6-15(18)12(7-10)9-16-14-8-13(17(19)20)5-4-11(14)2/h3-8,16,18H,9H2,1-2H3. The summed E-state index contributed by atoms with van der Waals surface area (Å²) in [6.45, 7) is 4.24. The van der Waals surface area contributed by atoms with Crippen LogP contribution >= 0.6 is 0 Å². The molecule has 0 radical (unpaired) electrons. The van der Waals surface area contributed by atoms with Crippen molar-refractivity contribution in [3.05, 3.63) is 63.2 Å². The van der Waals surface area contributed by atoms with Gasteiger partial charge in [-0.1, -0.05) is 23.8 Å². The second-order valence-electron chi connectivity index (χ2n) is 4.74. The molecule has 5 heteroatoms. The highest BCUT2D eigenvalue weighted by atomic mass is 16.6. The van der Waals surface area contributed by atoms with E-state index in [1.807, 2.05) is 26.0 Å². The molecule has 0 aliphatic heterocycles. The van der Waals surface area contributed by atoms with E-state index in [-0.39, 0.29) is 11.4 Å². The lowest BCUT2D eigenvalue weighted by molar-refractivity contribution is -0.384. The number of nitrogens with one attached hydrogen (secondary N) is 1. The molecule has 0 aliphatic rings. The zero-order valence-corrected chi connectivity index (χ0v) is 11.4. The largest absolute Gasteiger partial charge is 0.508 e. The molecule has 2 N–H and O–H groups in total. The van der Waals surface area contributed by atoms with Gasteiger partial charge in [-0.3, -0.25) is 10.1 Å². The van der Waals surface area contributed by atoms with Gasteiger partial charge in [0.15, 0.2) is 0 Å². The zero-order chi connectivity index (χ0) is 14.7. The second-order valence-corrected chi connectivity index (χ2v) is 4.74. The summed E-state index contributed by atoms with van der Waals surface area (Å²) in [4.78, 5) is 10.4. The van der Waals surface area contributed by atoms with Gasteiger partial charge in [0.05, 0.1) is 4.92 Å². The van der Waals surface area contributed by atoms with Gasteiger partial charge in [-0.2, -0.15) is 0 Å². The number of nitrogens with zero attached hydrogens (tertiary/aromatic N) is 1. The van der Waals surface area contributed by atoms with Gasteiger partial charge < -0.3 is 10.4 Å². The molecule has 0 aliphatic carbocycles. The third-order valence-corrected chi connectivity index (χ3v) is 3.14. The van der Waals surface area contributed by atoms with Gasteiger partial charge in [-0.05, 0) is 25.5 Å². The first kappa shape index (κ1) is 13.9. The number of non-ortho nitro benzene ring substituents is 1. The van der Waals surface area contributed by atoms with Crippen LogP contribution in [0.4, 0.5) is 11.4 Å². The SMILES string of the molecule is Cc1ccc(O)c(CNc2cc([N+](=O)[O-])ccc2C)c1. The molecular formula is C15H16N2O3. The molecule has 104 valence electrons. The number of hydrogen-bond donors (Lipinski definition) is 2. The van der Waals surface area contributed by atoms with Crippen LogP contribution in [-0.4, -0.2) is 10.0 Å². The molecule has 0 spiro atoms. The maximum atomic E-state index is 10.8. The Morgan fingerprint density at radius 3 is 2.65 bits per heavy atom. The Hall–Kier alpha value is -2.56. The molecule has 0 unspecified atom stereocenters. The molecule has 0 amide bonds. The number of nitro groups is 1. The van der Waals surface area contributed by atoms with Gasteiger partial charge in [0.1, 0.15) is 5.75 Å². The van der Waals surface area contributed by atoms with E-state index in [2.05, 4.69) is 5.32 Å². The Bertz CT molecular complexity index is 654. The third-order valence-electron chi connectivity index (χ3n) is 3.14. The molecule has 0 fully saturated rings. The molecule has 20 heavy (non-hydrogen) atoms. The summed E-state index contributed by atoms with van der Waals surface area (Å²) in [5.74, 6) is 0.214. The van der Waals surface area contributed by atoms with Crippen LogP contribution in [0.25, 0.3) is 0 Å². The molecule has 2 aromatic carbocycles. The van der Waals surface area contributed by atoms with E-state index >= 15 is 0 Å². The van der Waals surface area contributed by atoms with E-state index in [9.17, 15) is 15.2 Å². The number of hydrogen-bond acceptors (Lipinski definition) is 4. The van der Waals surface area contributed by atoms with Crippen LogP contribution < -0.4 is 5.32 Å². The molecule has 0 heterocycles. The summed E-state index contributed by atoms with van der Waals surface area (Å²) in [6, 6.07) is 10.0. The Labute approximate surface area is 117 Å². The Morgan fingerprint density at radius 1 is 1.20 bits per heavy atom. The average Bonchev–Trinajstić information content (AvgIpc) is 2.41. The molecule has 0 atom stereocenters. The van der Waals surface area contributed by atoms with Crippen LogP contribution in [0, 0.1) is 24.0 Å². The fourth-order valence-electron chi connectivity index (χ4n) is 1.96. The lowest BCUT2D eigenvalue weighted by atomic mass is 10.1. The number of anilines is 1. The van der Waals surface area contributed by atoms with Gasteiger partial charge in [0, 0.05) is 29.9 Å². The van der Waals surface area contributed by atoms with Crippen molar-refractivity contribution in [1.82, 2.24) is 0 Å². The number of aromatic hydroxyl groups is 1. The normalized spacial score (nSPS) is 10.3. The molecule has 0 saturated carbocycles. The van der Waals surface area contributed by atoms with Gasteiger partial charge in [-0.25, -0.2) is 0 Å². The minimum absolute atomic E-state index is 0.0477. The molecule has 0 aromatic heterocycles. The highest BCUT2D eigenvalue weighted by Crippen LogP contribution is 2.24. The predicted molar refractivity (Wildman–Crippen MR) is 78.0 cm³/mol. The van der Waals surface area contributed by atoms with Gasteiger partial charge in [0.2, 0.25) is 0 Å². The van der Waals surface area contributed by atoms with E-state index in [4.69, 9.17) is 0 Å². The second kappa shape index (κ2) is 5.61. The van der Waals surface area contributed by atoms with Crippen LogP contribution in [0.5, 0.6) is 5.75 Å². The van der Waals surface area contributed by atoms with Crippen molar-refractivity contribution in [3.63, 3.8) is 0 Å². The highest BCUT2D eigenvalue weighted by molar-refractivity contribution is 5.57. The summed E-state index contributed by atoms with van der Waals surface area (Å²) in [6.07, 6.45) is 0. The predicted octanol–water partition coefficient (Wildman–Crippen LogP) is 3.53. The van der Waals surface area contributed by atoms with Gasteiger partial charge in [-0.15, -0.1) is 0 Å². The number of phenols is 1. The zero-order valence-electron chi connectivity index (χ0n) is 11.4. The van der Waals surface area contributed by atoms with Crippen molar-refractivity contribution >= 4 is 11.4 Å². The fourth-order valence-corrected chi connectivity index (χ4v) is 1.96.